The zero-order chi connectivity index (χ0) is 17.4. The van der Waals surface area contributed by atoms with E-state index in [4.69, 9.17) is 0 Å². The molecule has 1 amide bonds. The van der Waals surface area contributed by atoms with Gasteiger partial charge in [-0.05, 0) is 43.9 Å². The van der Waals surface area contributed by atoms with Crippen molar-refractivity contribution < 1.29 is 9.90 Å². The van der Waals surface area contributed by atoms with Crippen molar-refractivity contribution in [2.75, 3.05) is 0 Å². The third kappa shape index (κ3) is 3.30. The largest absolute Gasteiger partial charge is 0.391 e. The molecule has 1 fully saturated rings. The van der Waals surface area contributed by atoms with Gasteiger partial charge in [0.1, 0.15) is 5.69 Å². The Morgan fingerprint density at radius 1 is 1.40 bits per heavy atom. The first-order valence-corrected chi connectivity index (χ1v) is 8.62. The summed E-state index contributed by atoms with van der Waals surface area (Å²) in [6.07, 6.45) is 6.40. The van der Waals surface area contributed by atoms with E-state index in [1.54, 1.807) is 12.5 Å². The average molecular weight is 338 g/mol. The summed E-state index contributed by atoms with van der Waals surface area (Å²) in [6, 6.07) is 7.69. The molecule has 4 rings (SSSR count). The fourth-order valence-electron chi connectivity index (χ4n) is 3.74. The Hall–Kier alpha value is -2.60. The number of H-pyrrole nitrogens is 1. The third-order valence-electron chi connectivity index (χ3n) is 4.99. The van der Waals surface area contributed by atoms with Crippen molar-refractivity contribution in [1.82, 2.24) is 19.9 Å². The van der Waals surface area contributed by atoms with Gasteiger partial charge in [-0.25, -0.2) is 4.98 Å². The van der Waals surface area contributed by atoms with Gasteiger partial charge in [-0.2, -0.15) is 0 Å². The van der Waals surface area contributed by atoms with E-state index in [-0.39, 0.29) is 11.9 Å². The summed E-state index contributed by atoms with van der Waals surface area (Å²) in [5, 5.41) is 14.3. The second-order valence-electron chi connectivity index (χ2n) is 7.02. The number of carbonyl (C=O) groups is 1. The Morgan fingerprint density at radius 2 is 2.28 bits per heavy atom. The zero-order valence-electron chi connectivity index (χ0n) is 14.1. The molecule has 1 aromatic carbocycles. The highest BCUT2D eigenvalue weighted by Crippen LogP contribution is 2.28. The molecule has 1 aliphatic rings. The highest BCUT2D eigenvalue weighted by Gasteiger charge is 2.34. The Balaban J connectivity index is 1.42. The van der Waals surface area contributed by atoms with Gasteiger partial charge in [0, 0.05) is 29.8 Å². The van der Waals surface area contributed by atoms with Crippen LogP contribution >= 0.6 is 0 Å². The Morgan fingerprint density at radius 3 is 3.08 bits per heavy atom. The molecule has 1 aliphatic carbocycles. The van der Waals surface area contributed by atoms with Gasteiger partial charge in [0.15, 0.2) is 0 Å². The van der Waals surface area contributed by atoms with Gasteiger partial charge in [-0.1, -0.05) is 11.6 Å². The highest BCUT2D eigenvalue weighted by atomic mass is 16.3. The maximum atomic E-state index is 12.6. The number of aliphatic hydroxyl groups excluding tert-OH is 1. The van der Waals surface area contributed by atoms with Crippen molar-refractivity contribution in [1.29, 1.82) is 0 Å². The van der Waals surface area contributed by atoms with Crippen LogP contribution in [-0.4, -0.2) is 37.7 Å². The first-order chi connectivity index (χ1) is 12.1. The van der Waals surface area contributed by atoms with Crippen molar-refractivity contribution in [3.8, 4) is 0 Å². The van der Waals surface area contributed by atoms with Crippen molar-refractivity contribution in [3.63, 3.8) is 0 Å². The van der Waals surface area contributed by atoms with Crippen LogP contribution in [0.4, 0.5) is 0 Å². The number of hydrogen-bond donors (Lipinski definition) is 3. The molecule has 0 radical (unpaired) electrons. The van der Waals surface area contributed by atoms with E-state index < -0.39 is 6.10 Å². The first kappa shape index (κ1) is 15.9. The molecule has 6 nitrogen and oxygen atoms in total. The van der Waals surface area contributed by atoms with E-state index in [0.717, 1.165) is 29.4 Å². The van der Waals surface area contributed by atoms with Gasteiger partial charge in [-0.15, -0.1) is 0 Å². The number of benzene rings is 1. The molecule has 2 heterocycles. The molecular formula is C19H22N4O2. The minimum absolute atomic E-state index is 0.166. The van der Waals surface area contributed by atoms with E-state index in [1.165, 1.54) is 0 Å². The van der Waals surface area contributed by atoms with Crippen LogP contribution in [-0.2, 0) is 6.54 Å². The summed E-state index contributed by atoms with van der Waals surface area (Å²) < 4.78 is 2.02. The smallest absolute Gasteiger partial charge is 0.268 e. The Bertz CT molecular complexity index is 884. The van der Waals surface area contributed by atoms with Gasteiger partial charge in [0.2, 0.25) is 0 Å². The van der Waals surface area contributed by atoms with Crippen LogP contribution in [0.1, 0.15) is 28.9 Å². The molecule has 3 atom stereocenters. The predicted octanol–water partition coefficient (Wildman–Crippen LogP) is 2.24. The van der Waals surface area contributed by atoms with Crippen LogP contribution in [0.15, 0.2) is 43.0 Å². The molecule has 0 aliphatic heterocycles. The molecule has 1 unspecified atom stereocenters. The predicted molar refractivity (Wildman–Crippen MR) is 95.2 cm³/mol. The standard InChI is InChI=1S/C19H22N4O2/c1-12-2-3-15-14(6-12)9-17(21-15)19(25)22-16-7-13(8-18(16)24)10-23-5-4-20-11-23/h2-6,9,11,13,16,18,21,24H,7-8,10H2,1H3,(H,22,25)/t13?,16-,18-/m1/s1. The number of carbonyl (C=O) groups excluding carboxylic acids is 1. The molecule has 6 heteroatoms. The van der Waals surface area contributed by atoms with Crippen molar-refractivity contribution in [2.24, 2.45) is 5.92 Å². The first-order valence-electron chi connectivity index (χ1n) is 8.62. The van der Waals surface area contributed by atoms with Crippen LogP contribution in [0.5, 0.6) is 0 Å². The number of rotatable bonds is 4. The maximum Gasteiger partial charge on any atom is 0.268 e. The number of nitrogens with one attached hydrogen (secondary N) is 2. The van der Waals surface area contributed by atoms with Crippen LogP contribution < -0.4 is 5.32 Å². The van der Waals surface area contributed by atoms with Crippen LogP contribution in [0, 0.1) is 12.8 Å². The molecule has 2 aromatic heterocycles. The van der Waals surface area contributed by atoms with E-state index in [2.05, 4.69) is 15.3 Å². The average Bonchev–Trinajstić information content (AvgIpc) is 3.28. The quantitative estimate of drug-likeness (QED) is 0.682. The van der Waals surface area contributed by atoms with Crippen LogP contribution in [0.3, 0.4) is 0 Å². The Kier molecular flexibility index (Phi) is 4.05. The monoisotopic (exact) mass is 338 g/mol. The fourth-order valence-corrected chi connectivity index (χ4v) is 3.74. The van der Waals surface area contributed by atoms with E-state index in [0.29, 0.717) is 18.0 Å². The summed E-state index contributed by atoms with van der Waals surface area (Å²) in [7, 11) is 0. The van der Waals surface area contributed by atoms with Crippen LogP contribution in [0.2, 0.25) is 0 Å². The number of aliphatic hydroxyl groups is 1. The number of imidazole rings is 1. The van der Waals surface area contributed by atoms with Crippen LogP contribution in [0.25, 0.3) is 10.9 Å². The SMILES string of the molecule is Cc1ccc2[nH]c(C(=O)N[C@@H]3CC(Cn4ccnc4)C[C@H]3O)cc2c1. The number of amides is 1. The molecule has 25 heavy (non-hydrogen) atoms. The van der Waals surface area contributed by atoms with Gasteiger partial charge >= 0.3 is 0 Å². The van der Waals surface area contributed by atoms with E-state index >= 15 is 0 Å². The summed E-state index contributed by atoms with van der Waals surface area (Å²) in [5.74, 6) is 0.168. The van der Waals surface area contributed by atoms with E-state index in [1.807, 2.05) is 42.0 Å². The maximum absolute atomic E-state index is 12.6. The number of aromatic amines is 1. The summed E-state index contributed by atoms with van der Waals surface area (Å²) in [4.78, 5) is 19.8. The molecule has 3 N–H and O–H groups in total. The molecule has 0 spiro atoms. The van der Waals surface area contributed by atoms with Crippen molar-refractivity contribution in [2.45, 2.75) is 38.5 Å². The lowest BCUT2D eigenvalue weighted by molar-refractivity contribution is 0.0869. The third-order valence-corrected chi connectivity index (χ3v) is 4.99. The minimum Gasteiger partial charge on any atom is -0.391 e. The molecule has 1 saturated carbocycles. The zero-order valence-corrected chi connectivity index (χ0v) is 14.1. The number of fused-ring (bicyclic) bond motifs is 1. The minimum atomic E-state index is -0.510. The molecule has 0 saturated heterocycles. The van der Waals surface area contributed by atoms with Crippen molar-refractivity contribution >= 4 is 16.8 Å². The lowest BCUT2D eigenvalue weighted by Crippen LogP contribution is -2.40. The molecule has 0 bridgehead atoms. The molecule has 3 aromatic rings. The van der Waals surface area contributed by atoms with Gasteiger partial charge < -0.3 is 20.0 Å². The number of hydrogen-bond acceptors (Lipinski definition) is 3. The topological polar surface area (TPSA) is 82.9 Å². The second kappa shape index (κ2) is 6.37. The number of aryl methyl sites for hydroxylation is 1. The summed E-state index contributed by atoms with van der Waals surface area (Å²) in [6.45, 7) is 2.84. The normalized spacial score (nSPS) is 23.2. The molecule has 130 valence electrons. The van der Waals surface area contributed by atoms with E-state index in [9.17, 15) is 9.90 Å². The number of aromatic nitrogens is 3. The summed E-state index contributed by atoms with van der Waals surface area (Å²) in [5.41, 5.74) is 2.64. The Labute approximate surface area is 145 Å². The van der Waals surface area contributed by atoms with Gasteiger partial charge in [-0.3, -0.25) is 4.79 Å². The molecular weight excluding hydrogens is 316 g/mol. The fraction of sp³-hybridized carbons (Fsp3) is 0.368. The number of nitrogens with zero attached hydrogens (tertiary/aromatic N) is 2. The highest BCUT2D eigenvalue weighted by molar-refractivity contribution is 5.98. The summed E-state index contributed by atoms with van der Waals surface area (Å²) >= 11 is 0. The van der Waals surface area contributed by atoms with Gasteiger partial charge in [0.25, 0.3) is 5.91 Å². The van der Waals surface area contributed by atoms with Crippen molar-refractivity contribution in [3.05, 3.63) is 54.2 Å². The van der Waals surface area contributed by atoms with Gasteiger partial charge in [0.05, 0.1) is 18.5 Å². The second-order valence-corrected chi connectivity index (χ2v) is 7.02. The lowest BCUT2D eigenvalue weighted by Gasteiger charge is -2.15. The lowest BCUT2D eigenvalue weighted by atomic mass is 10.1.